The summed E-state index contributed by atoms with van der Waals surface area (Å²) in [4.78, 5) is 29.2. The topological polar surface area (TPSA) is 110 Å². The van der Waals surface area contributed by atoms with Crippen LogP contribution in [0.5, 0.6) is 0 Å². The number of H-pyrrole nitrogens is 1. The molecule has 0 aliphatic carbocycles. The number of hydrogen-bond acceptors (Lipinski definition) is 5. The Labute approximate surface area is 119 Å². The number of nitrogens with zero attached hydrogens (tertiary/aromatic N) is 1. The van der Waals surface area contributed by atoms with Gasteiger partial charge in [0.15, 0.2) is 0 Å². The number of aromatic amines is 1. The molecule has 0 saturated heterocycles. The Morgan fingerprint density at radius 1 is 1.50 bits per heavy atom. The van der Waals surface area contributed by atoms with E-state index in [0.717, 1.165) is 0 Å². The molecule has 8 heteroatoms. The number of nitrogens with one attached hydrogen (secondary N) is 2. The second-order valence-corrected chi connectivity index (χ2v) is 4.45. The van der Waals surface area contributed by atoms with Crippen LogP contribution in [0.2, 0.25) is 5.02 Å². The minimum absolute atomic E-state index is 0.152. The van der Waals surface area contributed by atoms with E-state index in [9.17, 15) is 9.59 Å². The minimum atomic E-state index is -0.821. The van der Waals surface area contributed by atoms with Gasteiger partial charge in [0.25, 0.3) is 5.56 Å². The highest BCUT2D eigenvalue weighted by molar-refractivity contribution is 6.31. The number of hydrogen-bond donors (Lipinski definition) is 3. The average Bonchev–Trinajstić information content (AvgIpc) is 2.37. The molecule has 0 bridgehead atoms. The second-order valence-electron chi connectivity index (χ2n) is 4.02. The molecule has 4 N–H and O–H groups in total. The third kappa shape index (κ3) is 3.69. The first-order valence-corrected chi connectivity index (χ1v) is 6.25. The summed E-state index contributed by atoms with van der Waals surface area (Å²) in [5, 5.41) is 3.96. The molecule has 0 aliphatic rings. The SMILES string of the molecule is NC(=O)OCCNCc1nc2cc(Cl)ccc2c(=O)[nH]1. The molecule has 2 rings (SSSR count). The molecule has 0 aliphatic heterocycles. The summed E-state index contributed by atoms with van der Waals surface area (Å²) in [5.41, 5.74) is 5.13. The van der Waals surface area contributed by atoms with E-state index in [4.69, 9.17) is 17.3 Å². The molecule has 1 amide bonds. The third-order valence-electron chi connectivity index (χ3n) is 2.53. The predicted molar refractivity (Wildman–Crippen MR) is 74.6 cm³/mol. The van der Waals surface area contributed by atoms with Crippen LogP contribution >= 0.6 is 11.6 Å². The van der Waals surface area contributed by atoms with Crippen molar-refractivity contribution in [1.82, 2.24) is 15.3 Å². The zero-order valence-electron chi connectivity index (χ0n) is 10.5. The van der Waals surface area contributed by atoms with Crippen molar-refractivity contribution in [2.24, 2.45) is 5.73 Å². The molecule has 0 spiro atoms. The molecule has 20 heavy (non-hydrogen) atoms. The third-order valence-corrected chi connectivity index (χ3v) is 2.77. The fraction of sp³-hybridized carbons (Fsp3) is 0.250. The van der Waals surface area contributed by atoms with Crippen LogP contribution in [0.15, 0.2) is 23.0 Å². The molecule has 7 nitrogen and oxygen atoms in total. The van der Waals surface area contributed by atoms with Crippen LogP contribution in [-0.4, -0.2) is 29.2 Å². The summed E-state index contributed by atoms with van der Waals surface area (Å²) in [5.74, 6) is 0.476. The van der Waals surface area contributed by atoms with Crippen LogP contribution in [0.3, 0.4) is 0 Å². The highest BCUT2D eigenvalue weighted by Crippen LogP contribution is 2.14. The van der Waals surface area contributed by atoms with E-state index in [0.29, 0.717) is 34.8 Å². The second kappa shape index (κ2) is 6.36. The number of primary amides is 1. The monoisotopic (exact) mass is 296 g/mol. The van der Waals surface area contributed by atoms with Crippen LogP contribution in [0.25, 0.3) is 10.9 Å². The molecule has 0 radical (unpaired) electrons. The maximum atomic E-state index is 11.8. The molecular formula is C12H13ClN4O3. The van der Waals surface area contributed by atoms with Crippen molar-refractivity contribution in [2.45, 2.75) is 6.54 Å². The summed E-state index contributed by atoms with van der Waals surface area (Å²) >= 11 is 5.87. The molecule has 0 fully saturated rings. The normalized spacial score (nSPS) is 10.7. The first-order chi connectivity index (χ1) is 9.56. The van der Waals surface area contributed by atoms with E-state index in [-0.39, 0.29) is 12.2 Å². The maximum Gasteiger partial charge on any atom is 0.404 e. The molecular weight excluding hydrogens is 284 g/mol. The number of amides is 1. The van der Waals surface area contributed by atoms with Crippen molar-refractivity contribution in [2.75, 3.05) is 13.2 Å². The smallest absolute Gasteiger partial charge is 0.404 e. The van der Waals surface area contributed by atoms with Gasteiger partial charge in [0, 0.05) is 11.6 Å². The average molecular weight is 297 g/mol. The van der Waals surface area contributed by atoms with Gasteiger partial charge in [-0.15, -0.1) is 0 Å². The van der Waals surface area contributed by atoms with Gasteiger partial charge in [-0.05, 0) is 18.2 Å². The molecule has 1 heterocycles. The van der Waals surface area contributed by atoms with Gasteiger partial charge in [-0.3, -0.25) is 4.79 Å². The van der Waals surface area contributed by atoms with E-state index in [2.05, 4.69) is 20.0 Å². The summed E-state index contributed by atoms with van der Waals surface area (Å²) in [6.07, 6.45) is -0.821. The van der Waals surface area contributed by atoms with Gasteiger partial charge in [-0.1, -0.05) is 11.6 Å². The van der Waals surface area contributed by atoms with Gasteiger partial charge in [0.2, 0.25) is 0 Å². The lowest BCUT2D eigenvalue weighted by Gasteiger charge is -2.05. The Hall–Kier alpha value is -2.12. The van der Waals surface area contributed by atoms with Crippen molar-refractivity contribution in [3.05, 3.63) is 39.4 Å². The Balaban J connectivity index is 2.04. The lowest BCUT2D eigenvalue weighted by atomic mass is 10.2. The largest absolute Gasteiger partial charge is 0.448 e. The summed E-state index contributed by atoms with van der Waals surface area (Å²) < 4.78 is 4.56. The predicted octanol–water partition coefficient (Wildman–Crippen LogP) is 0.761. The molecule has 2 aromatic rings. The number of aromatic nitrogens is 2. The van der Waals surface area contributed by atoms with Gasteiger partial charge in [-0.2, -0.15) is 0 Å². The first-order valence-electron chi connectivity index (χ1n) is 5.87. The summed E-state index contributed by atoms with van der Waals surface area (Å²) in [6.45, 7) is 0.888. The van der Waals surface area contributed by atoms with Crippen molar-refractivity contribution in [1.29, 1.82) is 0 Å². The maximum absolute atomic E-state index is 11.8. The lowest BCUT2D eigenvalue weighted by molar-refractivity contribution is 0.157. The van der Waals surface area contributed by atoms with Crippen LogP contribution < -0.4 is 16.6 Å². The number of carbonyl (C=O) groups excluding carboxylic acids is 1. The zero-order chi connectivity index (χ0) is 14.5. The minimum Gasteiger partial charge on any atom is -0.448 e. The summed E-state index contributed by atoms with van der Waals surface area (Å²) in [7, 11) is 0. The van der Waals surface area contributed by atoms with Crippen LogP contribution in [0, 0.1) is 0 Å². The van der Waals surface area contributed by atoms with Crippen molar-refractivity contribution in [3.63, 3.8) is 0 Å². The van der Waals surface area contributed by atoms with Gasteiger partial charge in [0.1, 0.15) is 12.4 Å². The fourth-order valence-electron chi connectivity index (χ4n) is 1.68. The zero-order valence-corrected chi connectivity index (χ0v) is 11.2. The number of benzene rings is 1. The van der Waals surface area contributed by atoms with Crippen LogP contribution in [0.1, 0.15) is 5.82 Å². The van der Waals surface area contributed by atoms with E-state index < -0.39 is 6.09 Å². The molecule has 106 valence electrons. The molecule has 1 aromatic carbocycles. The number of carbonyl (C=O) groups is 1. The van der Waals surface area contributed by atoms with Crippen LogP contribution in [-0.2, 0) is 11.3 Å². The van der Waals surface area contributed by atoms with E-state index in [1.54, 1.807) is 18.2 Å². The highest BCUT2D eigenvalue weighted by atomic mass is 35.5. The molecule has 1 aromatic heterocycles. The Kier molecular flexibility index (Phi) is 4.54. The quantitative estimate of drug-likeness (QED) is 0.706. The number of fused-ring (bicyclic) bond motifs is 1. The fourth-order valence-corrected chi connectivity index (χ4v) is 1.84. The lowest BCUT2D eigenvalue weighted by Crippen LogP contribution is -2.25. The van der Waals surface area contributed by atoms with Gasteiger partial charge < -0.3 is 20.8 Å². The number of halogens is 1. The van der Waals surface area contributed by atoms with Gasteiger partial charge in [-0.25, -0.2) is 9.78 Å². The Bertz CT molecular complexity index is 686. The van der Waals surface area contributed by atoms with E-state index in [1.165, 1.54) is 0 Å². The first kappa shape index (κ1) is 14.3. The van der Waals surface area contributed by atoms with E-state index in [1.807, 2.05) is 0 Å². The molecule has 0 unspecified atom stereocenters. The number of rotatable bonds is 5. The van der Waals surface area contributed by atoms with Crippen molar-refractivity contribution >= 4 is 28.6 Å². The molecule has 0 saturated carbocycles. The standard InChI is InChI=1S/C12H13ClN4O3/c13-7-1-2-8-9(5-7)16-10(17-11(8)18)6-15-3-4-20-12(14)19/h1-2,5,15H,3-4,6H2,(H2,14,19)(H,16,17,18). The van der Waals surface area contributed by atoms with E-state index >= 15 is 0 Å². The molecule has 0 atom stereocenters. The van der Waals surface area contributed by atoms with Gasteiger partial charge in [0.05, 0.1) is 17.4 Å². The Morgan fingerprint density at radius 3 is 3.05 bits per heavy atom. The highest BCUT2D eigenvalue weighted by Gasteiger charge is 2.04. The summed E-state index contributed by atoms with van der Waals surface area (Å²) in [6, 6.07) is 4.90. The number of ether oxygens (including phenoxy) is 1. The number of nitrogens with two attached hydrogens (primary N) is 1. The van der Waals surface area contributed by atoms with Crippen molar-refractivity contribution in [3.8, 4) is 0 Å². The van der Waals surface area contributed by atoms with Crippen molar-refractivity contribution < 1.29 is 9.53 Å². The van der Waals surface area contributed by atoms with Gasteiger partial charge >= 0.3 is 6.09 Å². The Morgan fingerprint density at radius 2 is 2.30 bits per heavy atom. The van der Waals surface area contributed by atoms with Crippen LogP contribution in [0.4, 0.5) is 4.79 Å².